The summed E-state index contributed by atoms with van der Waals surface area (Å²) in [5, 5.41) is 10.8. The van der Waals surface area contributed by atoms with E-state index in [1.165, 1.54) is 0 Å². The molecule has 5 heteroatoms. The zero-order valence-electron chi connectivity index (χ0n) is 9.87. The van der Waals surface area contributed by atoms with Crippen LogP contribution in [0.2, 0.25) is 0 Å². The standard InChI is InChI=1S/C14H11NO4/c16-13(14(17)18)15-11-8-4-5-9-12(11)19-10-6-2-1-3-7-10/h1-9H,(H,15,16)(H,17,18). The molecule has 0 fully saturated rings. The van der Waals surface area contributed by atoms with Gasteiger partial charge < -0.3 is 15.2 Å². The van der Waals surface area contributed by atoms with E-state index >= 15 is 0 Å². The Balaban J connectivity index is 2.21. The molecule has 0 saturated heterocycles. The Hall–Kier alpha value is -2.82. The minimum absolute atomic E-state index is 0.304. The van der Waals surface area contributed by atoms with Gasteiger partial charge in [-0.25, -0.2) is 4.79 Å². The van der Waals surface area contributed by atoms with E-state index in [9.17, 15) is 9.59 Å². The number of hydrogen-bond donors (Lipinski definition) is 2. The molecule has 2 rings (SSSR count). The summed E-state index contributed by atoms with van der Waals surface area (Å²) in [4.78, 5) is 21.7. The van der Waals surface area contributed by atoms with Gasteiger partial charge >= 0.3 is 11.9 Å². The van der Waals surface area contributed by atoms with Gasteiger partial charge in [0.1, 0.15) is 5.75 Å². The van der Waals surface area contributed by atoms with E-state index in [0.717, 1.165) is 0 Å². The molecule has 0 atom stereocenters. The number of hydrogen-bond acceptors (Lipinski definition) is 3. The Morgan fingerprint density at radius 1 is 0.947 bits per heavy atom. The molecule has 0 radical (unpaired) electrons. The van der Waals surface area contributed by atoms with Crippen LogP contribution in [-0.4, -0.2) is 17.0 Å². The van der Waals surface area contributed by atoms with Crippen LogP contribution in [0, 0.1) is 0 Å². The number of rotatable bonds is 3. The van der Waals surface area contributed by atoms with Gasteiger partial charge in [-0.15, -0.1) is 0 Å². The Morgan fingerprint density at radius 3 is 2.26 bits per heavy atom. The van der Waals surface area contributed by atoms with E-state index in [1.54, 1.807) is 36.4 Å². The molecule has 0 bridgehead atoms. The van der Waals surface area contributed by atoms with E-state index in [-0.39, 0.29) is 0 Å². The average Bonchev–Trinajstić information content (AvgIpc) is 2.42. The summed E-state index contributed by atoms with van der Waals surface area (Å²) in [6.45, 7) is 0. The number of nitrogens with one attached hydrogen (secondary N) is 1. The average molecular weight is 257 g/mol. The van der Waals surface area contributed by atoms with Crippen molar-refractivity contribution in [3.8, 4) is 11.5 Å². The summed E-state index contributed by atoms with van der Waals surface area (Å²) in [6, 6.07) is 15.6. The molecule has 5 nitrogen and oxygen atoms in total. The van der Waals surface area contributed by atoms with Crippen molar-refractivity contribution in [2.45, 2.75) is 0 Å². The minimum Gasteiger partial charge on any atom is -0.474 e. The minimum atomic E-state index is -1.55. The number of ether oxygens (including phenoxy) is 1. The summed E-state index contributed by atoms with van der Waals surface area (Å²) in [5.74, 6) is -1.68. The molecular formula is C14H11NO4. The van der Waals surface area contributed by atoms with Crippen molar-refractivity contribution in [3.63, 3.8) is 0 Å². The molecule has 0 aliphatic heterocycles. The Labute approximate surface area is 109 Å². The number of benzene rings is 2. The van der Waals surface area contributed by atoms with Crippen molar-refractivity contribution in [1.29, 1.82) is 0 Å². The number of carboxylic acid groups (broad SMARTS) is 1. The molecule has 0 heterocycles. The number of para-hydroxylation sites is 3. The zero-order valence-corrected chi connectivity index (χ0v) is 9.87. The monoisotopic (exact) mass is 257 g/mol. The van der Waals surface area contributed by atoms with Crippen LogP contribution in [0.25, 0.3) is 0 Å². The van der Waals surface area contributed by atoms with Crippen LogP contribution >= 0.6 is 0 Å². The number of carbonyl (C=O) groups excluding carboxylic acids is 1. The highest BCUT2D eigenvalue weighted by Gasteiger charge is 2.14. The molecule has 0 aliphatic rings. The van der Waals surface area contributed by atoms with Crippen molar-refractivity contribution in [3.05, 3.63) is 54.6 Å². The highest BCUT2D eigenvalue weighted by Crippen LogP contribution is 2.28. The van der Waals surface area contributed by atoms with Crippen LogP contribution in [0.5, 0.6) is 11.5 Å². The first kappa shape index (κ1) is 12.6. The van der Waals surface area contributed by atoms with E-state index in [0.29, 0.717) is 17.2 Å². The first-order valence-electron chi connectivity index (χ1n) is 5.53. The second kappa shape index (κ2) is 5.68. The fraction of sp³-hybridized carbons (Fsp3) is 0. The van der Waals surface area contributed by atoms with Gasteiger partial charge in [-0.2, -0.15) is 0 Å². The predicted octanol–water partition coefficient (Wildman–Crippen LogP) is 2.50. The molecule has 96 valence electrons. The van der Waals surface area contributed by atoms with E-state index in [2.05, 4.69) is 5.32 Å². The molecule has 0 aromatic heterocycles. The smallest absolute Gasteiger partial charge is 0.394 e. The van der Waals surface area contributed by atoms with Gasteiger partial charge in [-0.1, -0.05) is 30.3 Å². The lowest BCUT2D eigenvalue weighted by Crippen LogP contribution is -2.22. The van der Waals surface area contributed by atoms with E-state index in [4.69, 9.17) is 9.84 Å². The quantitative estimate of drug-likeness (QED) is 0.828. The zero-order chi connectivity index (χ0) is 13.7. The summed E-state index contributed by atoms with van der Waals surface area (Å²) in [7, 11) is 0. The van der Waals surface area contributed by atoms with Crippen LogP contribution in [0.3, 0.4) is 0 Å². The van der Waals surface area contributed by atoms with Crippen molar-refractivity contribution < 1.29 is 19.4 Å². The lowest BCUT2D eigenvalue weighted by molar-refractivity contribution is -0.147. The molecule has 2 N–H and O–H groups in total. The maximum Gasteiger partial charge on any atom is 0.394 e. The Morgan fingerprint density at radius 2 is 1.58 bits per heavy atom. The maximum atomic E-state index is 11.2. The van der Waals surface area contributed by atoms with Gasteiger partial charge in [0.25, 0.3) is 0 Å². The number of carbonyl (C=O) groups is 2. The third-order valence-electron chi connectivity index (χ3n) is 2.30. The lowest BCUT2D eigenvalue weighted by Gasteiger charge is -2.10. The molecule has 2 aromatic rings. The second-order valence-corrected chi connectivity index (χ2v) is 3.67. The highest BCUT2D eigenvalue weighted by molar-refractivity contribution is 6.36. The topological polar surface area (TPSA) is 75.6 Å². The van der Waals surface area contributed by atoms with Crippen molar-refractivity contribution in [2.75, 3.05) is 5.32 Å². The first-order valence-corrected chi connectivity index (χ1v) is 5.53. The lowest BCUT2D eigenvalue weighted by atomic mass is 10.3. The first-order chi connectivity index (χ1) is 9.16. The van der Waals surface area contributed by atoms with Crippen molar-refractivity contribution in [1.82, 2.24) is 0 Å². The largest absolute Gasteiger partial charge is 0.474 e. The SMILES string of the molecule is O=C(O)C(=O)Nc1ccccc1Oc1ccccc1. The maximum absolute atomic E-state index is 11.2. The third kappa shape index (κ3) is 3.32. The number of carboxylic acids is 1. The summed E-state index contributed by atoms with van der Waals surface area (Å²) in [5.41, 5.74) is 0.304. The Bertz CT molecular complexity index is 595. The molecule has 1 amide bonds. The second-order valence-electron chi connectivity index (χ2n) is 3.67. The van der Waals surface area contributed by atoms with Crippen LogP contribution in [0.1, 0.15) is 0 Å². The molecule has 2 aromatic carbocycles. The number of aliphatic carboxylic acids is 1. The normalized spacial score (nSPS) is 9.68. The van der Waals surface area contributed by atoms with Crippen molar-refractivity contribution in [2.24, 2.45) is 0 Å². The summed E-state index contributed by atoms with van der Waals surface area (Å²) in [6.07, 6.45) is 0. The van der Waals surface area contributed by atoms with Gasteiger partial charge in [0, 0.05) is 0 Å². The van der Waals surface area contributed by atoms with Gasteiger partial charge in [0.15, 0.2) is 5.75 Å². The van der Waals surface area contributed by atoms with E-state index in [1.807, 2.05) is 18.2 Å². The van der Waals surface area contributed by atoms with Gasteiger partial charge in [-0.3, -0.25) is 4.79 Å². The van der Waals surface area contributed by atoms with Crippen LogP contribution in [-0.2, 0) is 9.59 Å². The molecule has 19 heavy (non-hydrogen) atoms. The molecule has 0 saturated carbocycles. The fourth-order valence-electron chi connectivity index (χ4n) is 1.45. The fourth-order valence-corrected chi connectivity index (χ4v) is 1.45. The molecular weight excluding hydrogens is 246 g/mol. The summed E-state index contributed by atoms with van der Waals surface area (Å²) < 4.78 is 5.58. The molecule has 0 spiro atoms. The highest BCUT2D eigenvalue weighted by atomic mass is 16.5. The Kier molecular flexibility index (Phi) is 3.78. The molecule has 0 unspecified atom stereocenters. The van der Waals surface area contributed by atoms with Gasteiger partial charge in [-0.05, 0) is 24.3 Å². The van der Waals surface area contributed by atoms with E-state index < -0.39 is 11.9 Å². The van der Waals surface area contributed by atoms with Crippen molar-refractivity contribution >= 4 is 17.6 Å². The van der Waals surface area contributed by atoms with Crippen LogP contribution in [0.4, 0.5) is 5.69 Å². The molecule has 0 aliphatic carbocycles. The number of amides is 1. The predicted molar refractivity (Wildman–Crippen MR) is 69.2 cm³/mol. The number of anilines is 1. The van der Waals surface area contributed by atoms with Crippen LogP contribution < -0.4 is 10.1 Å². The van der Waals surface area contributed by atoms with Crippen LogP contribution in [0.15, 0.2) is 54.6 Å². The van der Waals surface area contributed by atoms with Gasteiger partial charge in [0.05, 0.1) is 5.69 Å². The van der Waals surface area contributed by atoms with Gasteiger partial charge in [0.2, 0.25) is 0 Å². The summed E-state index contributed by atoms with van der Waals surface area (Å²) >= 11 is 0. The third-order valence-corrected chi connectivity index (χ3v) is 2.30.